The van der Waals surface area contributed by atoms with E-state index < -0.39 is 28.4 Å². The third-order valence-corrected chi connectivity index (χ3v) is 7.23. The molecule has 0 aromatic heterocycles. The quantitative estimate of drug-likeness (QED) is 0.393. The third-order valence-electron chi connectivity index (χ3n) is 5.18. The van der Waals surface area contributed by atoms with Crippen LogP contribution in [0.5, 0.6) is 11.5 Å². The van der Waals surface area contributed by atoms with E-state index >= 15 is 0 Å². The summed E-state index contributed by atoms with van der Waals surface area (Å²) in [6.07, 6.45) is 0. The van der Waals surface area contributed by atoms with Crippen LogP contribution in [-0.4, -0.2) is 52.5 Å². The lowest BCUT2D eigenvalue weighted by Gasteiger charge is -2.22. The Morgan fingerprint density at radius 3 is 2.11 bits per heavy atom. The minimum absolute atomic E-state index is 0.0127. The van der Waals surface area contributed by atoms with E-state index in [9.17, 15) is 18.0 Å². The van der Waals surface area contributed by atoms with Crippen LogP contribution in [0.25, 0.3) is 0 Å². The van der Waals surface area contributed by atoms with Crippen molar-refractivity contribution in [1.29, 1.82) is 0 Å². The topological polar surface area (TPSA) is 111 Å². The number of nitrogens with zero attached hydrogens (tertiary/aromatic N) is 1. The van der Waals surface area contributed by atoms with E-state index in [0.717, 1.165) is 4.31 Å². The van der Waals surface area contributed by atoms with Crippen molar-refractivity contribution in [2.75, 3.05) is 33.2 Å². The molecule has 9 nitrogen and oxygen atoms in total. The molecule has 0 aliphatic rings. The highest BCUT2D eigenvalue weighted by atomic mass is 35.5. The van der Waals surface area contributed by atoms with E-state index in [1.54, 1.807) is 30.3 Å². The number of hydrogen-bond donors (Lipinski definition) is 1. The summed E-state index contributed by atoms with van der Waals surface area (Å²) in [4.78, 5) is 25.4. The van der Waals surface area contributed by atoms with Gasteiger partial charge in [-0.05, 0) is 29.8 Å². The number of ether oxygens (including phenoxy) is 3. The van der Waals surface area contributed by atoms with Gasteiger partial charge in [0.25, 0.3) is 0 Å². The maximum absolute atomic E-state index is 13.4. The Morgan fingerprint density at radius 1 is 0.917 bits per heavy atom. The molecule has 3 aromatic carbocycles. The summed E-state index contributed by atoms with van der Waals surface area (Å²) >= 11 is 5.91. The number of halogens is 1. The highest BCUT2D eigenvalue weighted by molar-refractivity contribution is 7.89. The first-order valence-corrected chi connectivity index (χ1v) is 12.4. The lowest BCUT2D eigenvalue weighted by molar-refractivity contribution is -0.116. The molecule has 0 heterocycles. The molecule has 0 saturated heterocycles. The molecule has 190 valence electrons. The van der Waals surface area contributed by atoms with Gasteiger partial charge in [-0.3, -0.25) is 4.79 Å². The van der Waals surface area contributed by atoms with E-state index in [4.69, 9.17) is 25.8 Å². The summed E-state index contributed by atoms with van der Waals surface area (Å²) in [6.45, 7) is -0.593. The Kier molecular flexibility index (Phi) is 8.92. The zero-order chi connectivity index (χ0) is 26.3. The van der Waals surface area contributed by atoms with Crippen molar-refractivity contribution in [1.82, 2.24) is 4.31 Å². The molecule has 0 aliphatic heterocycles. The predicted octanol–water partition coefficient (Wildman–Crippen LogP) is 3.97. The lowest BCUT2D eigenvalue weighted by Crippen LogP contribution is -2.37. The fourth-order valence-electron chi connectivity index (χ4n) is 3.38. The number of esters is 1. The highest BCUT2D eigenvalue weighted by Gasteiger charge is 2.28. The van der Waals surface area contributed by atoms with Crippen LogP contribution in [0.3, 0.4) is 0 Å². The van der Waals surface area contributed by atoms with Crippen LogP contribution in [0, 0.1) is 0 Å². The summed E-state index contributed by atoms with van der Waals surface area (Å²) in [5, 5.41) is 2.98. The van der Waals surface area contributed by atoms with Gasteiger partial charge in [0.05, 0.1) is 44.0 Å². The van der Waals surface area contributed by atoms with Gasteiger partial charge in [-0.25, -0.2) is 13.2 Å². The van der Waals surface area contributed by atoms with Gasteiger partial charge >= 0.3 is 5.97 Å². The maximum atomic E-state index is 13.4. The Morgan fingerprint density at radius 2 is 1.53 bits per heavy atom. The minimum Gasteiger partial charge on any atom is -0.493 e. The molecule has 3 rings (SSSR count). The zero-order valence-corrected chi connectivity index (χ0v) is 21.4. The van der Waals surface area contributed by atoms with Crippen LogP contribution < -0.4 is 14.8 Å². The SMILES string of the molecule is COC(=O)c1cc(OC)c(OC)cc1NC(=O)CN(Cc1ccccc1)S(=O)(=O)c1ccc(Cl)cc1. The molecule has 0 aliphatic carbocycles. The van der Waals surface area contributed by atoms with Gasteiger partial charge in [0.2, 0.25) is 15.9 Å². The molecule has 0 fully saturated rings. The van der Waals surface area contributed by atoms with Crippen molar-refractivity contribution >= 4 is 39.2 Å². The molecular weight excluding hydrogens is 508 g/mol. The fourth-order valence-corrected chi connectivity index (χ4v) is 4.89. The average molecular weight is 533 g/mol. The summed E-state index contributed by atoms with van der Waals surface area (Å²) in [6, 6.07) is 17.3. The van der Waals surface area contributed by atoms with E-state index in [-0.39, 0.29) is 34.2 Å². The zero-order valence-electron chi connectivity index (χ0n) is 19.9. The first-order chi connectivity index (χ1) is 17.2. The molecule has 36 heavy (non-hydrogen) atoms. The highest BCUT2D eigenvalue weighted by Crippen LogP contribution is 2.34. The second-order valence-corrected chi connectivity index (χ2v) is 9.88. The summed E-state index contributed by atoms with van der Waals surface area (Å²) < 4.78 is 43.2. The van der Waals surface area contributed by atoms with E-state index in [2.05, 4.69) is 5.32 Å². The Hall–Kier alpha value is -3.60. The van der Waals surface area contributed by atoms with Gasteiger partial charge in [-0.15, -0.1) is 0 Å². The normalized spacial score (nSPS) is 11.1. The molecule has 0 bridgehead atoms. The van der Waals surface area contributed by atoms with Gasteiger partial charge in [-0.2, -0.15) is 4.31 Å². The van der Waals surface area contributed by atoms with Crippen LogP contribution >= 0.6 is 11.6 Å². The van der Waals surface area contributed by atoms with Crippen molar-refractivity contribution in [2.24, 2.45) is 0 Å². The van der Waals surface area contributed by atoms with Crippen LogP contribution in [0.1, 0.15) is 15.9 Å². The van der Waals surface area contributed by atoms with Crippen molar-refractivity contribution in [3.8, 4) is 11.5 Å². The summed E-state index contributed by atoms with van der Waals surface area (Å²) in [5.41, 5.74) is 0.774. The number of rotatable bonds is 10. The second-order valence-electron chi connectivity index (χ2n) is 7.51. The molecule has 11 heteroatoms. The van der Waals surface area contributed by atoms with Gasteiger partial charge in [0.1, 0.15) is 0 Å². The van der Waals surface area contributed by atoms with Crippen LogP contribution in [-0.2, 0) is 26.1 Å². The number of methoxy groups -OCH3 is 3. The number of benzene rings is 3. The van der Waals surface area contributed by atoms with E-state index in [1.807, 2.05) is 0 Å². The molecule has 0 radical (unpaired) electrons. The number of nitrogens with one attached hydrogen (secondary N) is 1. The Balaban J connectivity index is 1.95. The molecule has 0 atom stereocenters. The standard InChI is InChI=1S/C25H25ClN2O7S/c1-33-22-13-20(25(30)35-3)21(14-23(22)34-2)27-24(29)16-28(15-17-7-5-4-6-8-17)36(31,32)19-11-9-18(26)10-12-19/h4-14H,15-16H2,1-3H3,(H,27,29). The fraction of sp³-hybridized carbons (Fsp3) is 0.200. The molecule has 0 unspecified atom stereocenters. The van der Waals surface area contributed by atoms with Crippen molar-refractivity contribution in [3.05, 3.63) is 82.9 Å². The number of hydrogen-bond acceptors (Lipinski definition) is 7. The molecule has 0 saturated carbocycles. The number of carbonyl (C=O) groups excluding carboxylic acids is 2. The smallest absolute Gasteiger partial charge is 0.340 e. The first kappa shape index (κ1) is 27.0. The van der Waals surface area contributed by atoms with Gasteiger partial charge in [0, 0.05) is 23.7 Å². The van der Waals surface area contributed by atoms with Crippen molar-refractivity contribution in [3.63, 3.8) is 0 Å². The van der Waals surface area contributed by atoms with Crippen LogP contribution in [0.2, 0.25) is 5.02 Å². The monoisotopic (exact) mass is 532 g/mol. The van der Waals surface area contributed by atoms with Crippen molar-refractivity contribution < 1.29 is 32.2 Å². The van der Waals surface area contributed by atoms with E-state index in [1.165, 1.54) is 57.7 Å². The van der Waals surface area contributed by atoms with Crippen LogP contribution in [0.4, 0.5) is 5.69 Å². The average Bonchev–Trinajstić information content (AvgIpc) is 2.88. The number of amides is 1. The third kappa shape index (κ3) is 6.34. The molecule has 1 N–H and O–H groups in total. The van der Waals surface area contributed by atoms with Crippen LogP contribution in [0.15, 0.2) is 71.6 Å². The first-order valence-electron chi connectivity index (χ1n) is 10.6. The molecule has 3 aromatic rings. The summed E-state index contributed by atoms with van der Waals surface area (Å²) in [7, 11) is -0.0738. The van der Waals surface area contributed by atoms with Crippen molar-refractivity contribution in [2.45, 2.75) is 11.4 Å². The molecule has 0 spiro atoms. The summed E-state index contributed by atoms with van der Waals surface area (Å²) in [5.74, 6) is -0.885. The second kappa shape index (κ2) is 11.9. The largest absolute Gasteiger partial charge is 0.493 e. The van der Waals surface area contributed by atoms with Gasteiger partial charge < -0.3 is 19.5 Å². The van der Waals surface area contributed by atoms with E-state index in [0.29, 0.717) is 10.6 Å². The number of carbonyl (C=O) groups is 2. The lowest BCUT2D eigenvalue weighted by atomic mass is 10.1. The molecular formula is C25H25ClN2O7S. The Bertz CT molecular complexity index is 1330. The number of sulfonamides is 1. The maximum Gasteiger partial charge on any atom is 0.340 e. The van der Waals surface area contributed by atoms with Gasteiger partial charge in [-0.1, -0.05) is 41.9 Å². The predicted molar refractivity (Wildman–Crippen MR) is 135 cm³/mol. The van der Waals surface area contributed by atoms with Gasteiger partial charge in [0.15, 0.2) is 11.5 Å². The Labute approximate surface area is 214 Å². The molecule has 1 amide bonds. The number of anilines is 1. The minimum atomic E-state index is -4.08.